The third kappa shape index (κ3) is 2.19. The van der Waals surface area contributed by atoms with Crippen LogP contribution >= 0.6 is 0 Å². The van der Waals surface area contributed by atoms with Gasteiger partial charge in [-0.2, -0.15) is 0 Å². The van der Waals surface area contributed by atoms with Crippen molar-refractivity contribution in [1.29, 1.82) is 0 Å². The maximum absolute atomic E-state index is 11.5. The Bertz CT molecular complexity index is 586. The van der Waals surface area contributed by atoms with Gasteiger partial charge in [0.1, 0.15) is 11.5 Å². The Labute approximate surface area is 112 Å². The minimum absolute atomic E-state index is 0.232. The van der Waals surface area contributed by atoms with Crippen LogP contribution in [0.4, 0.5) is 0 Å². The largest absolute Gasteiger partial charge is 0.457 e. The summed E-state index contributed by atoms with van der Waals surface area (Å²) in [6.45, 7) is 0. The molecular weight excluding hydrogens is 238 g/mol. The zero-order valence-corrected chi connectivity index (χ0v) is 10.5. The molecule has 0 aliphatic heterocycles. The first-order valence-electron chi connectivity index (χ1n) is 6.34. The van der Waals surface area contributed by atoms with Crippen LogP contribution in [0.5, 0.6) is 11.5 Å². The predicted octanol–water partition coefficient (Wildman–Crippen LogP) is 3.00. The molecule has 0 radical (unpaired) electrons. The van der Waals surface area contributed by atoms with Gasteiger partial charge in [0.05, 0.1) is 5.41 Å². The highest BCUT2D eigenvalue weighted by molar-refractivity contribution is 5.89. The Hall–Kier alpha value is -2.29. The predicted molar refractivity (Wildman–Crippen MR) is 73.1 cm³/mol. The van der Waals surface area contributed by atoms with Gasteiger partial charge in [-0.25, -0.2) is 0 Å². The van der Waals surface area contributed by atoms with E-state index in [0.29, 0.717) is 0 Å². The Morgan fingerprint density at radius 3 is 2.05 bits per heavy atom. The van der Waals surface area contributed by atoms with Gasteiger partial charge in [-0.15, -0.1) is 0 Å². The van der Waals surface area contributed by atoms with Crippen molar-refractivity contribution in [1.82, 2.24) is 0 Å². The van der Waals surface area contributed by atoms with E-state index in [1.54, 1.807) is 0 Å². The lowest BCUT2D eigenvalue weighted by molar-refractivity contribution is -0.120. The third-order valence-electron chi connectivity index (χ3n) is 3.61. The molecule has 19 heavy (non-hydrogen) atoms. The molecule has 1 aliphatic rings. The lowest BCUT2D eigenvalue weighted by atomic mass is 9.95. The summed E-state index contributed by atoms with van der Waals surface area (Å²) in [6.07, 6.45) is 1.70. The fourth-order valence-electron chi connectivity index (χ4n) is 2.27. The molecule has 0 heterocycles. The molecule has 0 spiro atoms. The number of carbonyl (C=O) groups excluding carboxylic acids is 1. The molecule has 0 unspecified atom stereocenters. The maximum Gasteiger partial charge on any atom is 0.228 e. The van der Waals surface area contributed by atoms with Crippen molar-refractivity contribution in [3.63, 3.8) is 0 Å². The minimum Gasteiger partial charge on any atom is -0.457 e. The highest BCUT2D eigenvalue weighted by Gasteiger charge is 2.49. The van der Waals surface area contributed by atoms with E-state index in [9.17, 15) is 4.79 Å². The van der Waals surface area contributed by atoms with E-state index in [4.69, 9.17) is 10.5 Å². The summed E-state index contributed by atoms with van der Waals surface area (Å²) < 4.78 is 5.71. The van der Waals surface area contributed by atoms with E-state index >= 15 is 0 Å². The van der Waals surface area contributed by atoms with Gasteiger partial charge in [-0.05, 0) is 42.7 Å². The topological polar surface area (TPSA) is 52.3 Å². The monoisotopic (exact) mass is 253 g/mol. The number of para-hydroxylation sites is 1. The Kier molecular flexibility index (Phi) is 2.75. The number of amides is 1. The molecule has 2 aromatic carbocycles. The van der Waals surface area contributed by atoms with Crippen LogP contribution < -0.4 is 10.5 Å². The number of hydrogen-bond acceptors (Lipinski definition) is 2. The summed E-state index contributed by atoms with van der Waals surface area (Å²) in [4.78, 5) is 11.5. The van der Waals surface area contributed by atoms with Crippen LogP contribution in [0.3, 0.4) is 0 Å². The van der Waals surface area contributed by atoms with E-state index in [2.05, 4.69) is 0 Å². The normalized spacial score (nSPS) is 15.8. The summed E-state index contributed by atoms with van der Waals surface area (Å²) in [5.74, 6) is 1.32. The SMILES string of the molecule is NC(=O)C1(c2ccc(Oc3ccccc3)cc2)CC1. The average molecular weight is 253 g/mol. The molecule has 3 nitrogen and oxygen atoms in total. The molecule has 3 heteroatoms. The van der Waals surface area contributed by atoms with Crippen LogP contribution in [0.1, 0.15) is 18.4 Å². The first-order valence-corrected chi connectivity index (χ1v) is 6.34. The fourth-order valence-corrected chi connectivity index (χ4v) is 2.27. The van der Waals surface area contributed by atoms with Gasteiger partial charge in [0.15, 0.2) is 0 Å². The van der Waals surface area contributed by atoms with E-state index in [-0.39, 0.29) is 5.91 Å². The van der Waals surface area contributed by atoms with Gasteiger partial charge in [-0.3, -0.25) is 4.79 Å². The second-order valence-corrected chi connectivity index (χ2v) is 4.89. The average Bonchev–Trinajstić information content (AvgIpc) is 3.22. The van der Waals surface area contributed by atoms with E-state index < -0.39 is 5.41 Å². The van der Waals surface area contributed by atoms with Crippen molar-refractivity contribution < 1.29 is 9.53 Å². The van der Waals surface area contributed by atoms with Crippen molar-refractivity contribution in [2.24, 2.45) is 5.73 Å². The van der Waals surface area contributed by atoms with Crippen LogP contribution in [-0.4, -0.2) is 5.91 Å². The van der Waals surface area contributed by atoms with E-state index in [1.165, 1.54) is 0 Å². The molecule has 0 bridgehead atoms. The zero-order chi connectivity index (χ0) is 13.3. The lowest BCUT2D eigenvalue weighted by Gasteiger charge is -2.12. The third-order valence-corrected chi connectivity index (χ3v) is 3.61. The molecular formula is C16H15NO2. The second-order valence-electron chi connectivity index (χ2n) is 4.89. The van der Waals surface area contributed by atoms with Crippen LogP contribution in [0, 0.1) is 0 Å². The zero-order valence-electron chi connectivity index (χ0n) is 10.5. The van der Waals surface area contributed by atoms with E-state index in [0.717, 1.165) is 29.9 Å². The van der Waals surface area contributed by atoms with Gasteiger partial charge < -0.3 is 10.5 Å². The highest BCUT2D eigenvalue weighted by Crippen LogP contribution is 2.48. The molecule has 0 saturated heterocycles. The minimum atomic E-state index is -0.425. The summed E-state index contributed by atoms with van der Waals surface area (Å²) in [7, 11) is 0. The molecule has 0 aromatic heterocycles. The smallest absolute Gasteiger partial charge is 0.228 e. The first-order chi connectivity index (χ1) is 9.21. The van der Waals surface area contributed by atoms with Gasteiger partial charge in [0.2, 0.25) is 5.91 Å². The number of rotatable bonds is 4. The van der Waals surface area contributed by atoms with E-state index in [1.807, 2.05) is 54.6 Å². The number of primary amides is 1. The number of benzene rings is 2. The molecule has 1 saturated carbocycles. The lowest BCUT2D eigenvalue weighted by Crippen LogP contribution is -2.28. The quantitative estimate of drug-likeness (QED) is 0.910. The van der Waals surface area contributed by atoms with Crippen molar-refractivity contribution in [3.8, 4) is 11.5 Å². The summed E-state index contributed by atoms with van der Waals surface area (Å²) in [5, 5.41) is 0. The Balaban J connectivity index is 1.78. The molecule has 3 rings (SSSR count). The van der Waals surface area contributed by atoms with Crippen molar-refractivity contribution >= 4 is 5.91 Å². The van der Waals surface area contributed by atoms with Gasteiger partial charge in [0, 0.05) is 0 Å². The maximum atomic E-state index is 11.5. The standard InChI is InChI=1S/C16H15NO2/c17-15(18)16(10-11-16)12-6-8-14(9-7-12)19-13-4-2-1-3-5-13/h1-9H,10-11H2,(H2,17,18). The molecule has 2 N–H and O–H groups in total. The number of carbonyl (C=O) groups is 1. The second kappa shape index (κ2) is 4.43. The van der Waals surface area contributed by atoms with Crippen molar-refractivity contribution in [2.75, 3.05) is 0 Å². The number of ether oxygens (including phenoxy) is 1. The molecule has 1 fully saturated rings. The molecule has 1 aliphatic carbocycles. The summed E-state index contributed by atoms with van der Waals surface area (Å²) in [6, 6.07) is 17.2. The number of nitrogens with two attached hydrogens (primary N) is 1. The van der Waals surface area contributed by atoms with Gasteiger partial charge >= 0.3 is 0 Å². The highest BCUT2D eigenvalue weighted by atomic mass is 16.5. The van der Waals surface area contributed by atoms with Crippen molar-refractivity contribution in [3.05, 3.63) is 60.2 Å². The molecule has 96 valence electrons. The Morgan fingerprint density at radius 1 is 0.947 bits per heavy atom. The molecule has 2 aromatic rings. The number of hydrogen-bond donors (Lipinski definition) is 1. The summed E-state index contributed by atoms with van der Waals surface area (Å²) >= 11 is 0. The van der Waals surface area contributed by atoms with Crippen LogP contribution in [-0.2, 0) is 10.2 Å². The Morgan fingerprint density at radius 2 is 1.53 bits per heavy atom. The fraction of sp³-hybridized carbons (Fsp3) is 0.188. The van der Waals surface area contributed by atoms with Crippen molar-refractivity contribution in [2.45, 2.75) is 18.3 Å². The summed E-state index contributed by atoms with van der Waals surface area (Å²) in [5.41, 5.74) is 6.02. The molecule has 1 amide bonds. The van der Waals surface area contributed by atoms with Gasteiger partial charge in [0.25, 0.3) is 0 Å². The van der Waals surface area contributed by atoms with Gasteiger partial charge in [-0.1, -0.05) is 30.3 Å². The molecule has 0 atom stereocenters. The first kappa shape index (κ1) is 11.8. The van der Waals surface area contributed by atoms with Crippen LogP contribution in [0.25, 0.3) is 0 Å². The van der Waals surface area contributed by atoms with Crippen LogP contribution in [0.15, 0.2) is 54.6 Å². The van der Waals surface area contributed by atoms with Crippen LogP contribution in [0.2, 0.25) is 0 Å².